The molecule has 7 nitrogen and oxygen atoms in total. The third-order valence-corrected chi connectivity index (χ3v) is 13.7. The van der Waals surface area contributed by atoms with Crippen molar-refractivity contribution < 1.29 is 31.5 Å². The summed E-state index contributed by atoms with van der Waals surface area (Å²) in [4.78, 5) is 15.6. The number of benzene rings is 2. The highest BCUT2D eigenvalue weighted by molar-refractivity contribution is 7.90. The molecule has 1 fully saturated rings. The van der Waals surface area contributed by atoms with Gasteiger partial charge in [0.1, 0.15) is 22.4 Å². The number of hydrogen-bond acceptors (Lipinski definition) is 6. The van der Waals surface area contributed by atoms with Gasteiger partial charge in [0.25, 0.3) is 5.91 Å². The van der Waals surface area contributed by atoms with E-state index in [1.54, 1.807) is 32.2 Å². The van der Waals surface area contributed by atoms with Gasteiger partial charge in [0.15, 0.2) is 0 Å². The Morgan fingerprint density at radius 1 is 1.18 bits per heavy atom. The predicted molar refractivity (Wildman–Crippen MR) is 168 cm³/mol. The number of nitrogens with zero attached hydrogens (tertiary/aromatic N) is 1. The van der Waals surface area contributed by atoms with Crippen LogP contribution in [-0.4, -0.2) is 52.5 Å². The van der Waals surface area contributed by atoms with Crippen LogP contribution in [0.3, 0.4) is 0 Å². The summed E-state index contributed by atoms with van der Waals surface area (Å²) < 4.78 is 71.8. The van der Waals surface area contributed by atoms with E-state index in [4.69, 9.17) is 21.1 Å². The van der Waals surface area contributed by atoms with E-state index in [1.165, 1.54) is 11.6 Å². The molecule has 11 heteroatoms. The highest BCUT2D eigenvalue weighted by atomic mass is 35.5. The number of rotatable bonds is 1. The SMILES string of the molecule is CO[C@H]1C2=C[C@@H](C2)[C@H](C)[C@@H](C)S(=O)(=O)NC(=O)c2ccc3c(c2)N(C[C@@H]2CC[C@H]21)C[C@@]1(CCCc2c1cc(F)c(Cl)c2F)CO3. The van der Waals surface area contributed by atoms with Crippen molar-refractivity contribution in [3.05, 3.63) is 69.3 Å². The van der Waals surface area contributed by atoms with E-state index in [1.807, 2.05) is 6.92 Å². The number of amides is 1. The fraction of sp³-hybridized carbons (Fsp3) is 0.559. The molecule has 0 saturated heterocycles. The third-order valence-electron chi connectivity index (χ3n) is 11.5. The summed E-state index contributed by atoms with van der Waals surface area (Å²) in [5, 5.41) is -1.27. The number of carbonyl (C=O) groups excluding carboxylic acids is 1. The number of halogens is 3. The van der Waals surface area contributed by atoms with Gasteiger partial charge in [0.05, 0.1) is 23.6 Å². The maximum atomic E-state index is 15.3. The van der Waals surface area contributed by atoms with Gasteiger partial charge in [-0.25, -0.2) is 21.9 Å². The molecular weight excluding hydrogens is 622 g/mol. The molecule has 7 atom stereocenters. The molecule has 0 radical (unpaired) electrons. The molecule has 0 aromatic heterocycles. The largest absolute Gasteiger partial charge is 0.490 e. The lowest BCUT2D eigenvalue weighted by atomic mass is 9.64. The molecule has 8 rings (SSSR count). The zero-order valence-corrected chi connectivity index (χ0v) is 27.3. The topological polar surface area (TPSA) is 84.9 Å². The van der Waals surface area contributed by atoms with Crippen molar-refractivity contribution in [1.82, 2.24) is 4.72 Å². The molecule has 242 valence electrons. The van der Waals surface area contributed by atoms with Crippen molar-refractivity contribution in [2.75, 3.05) is 31.7 Å². The first-order chi connectivity index (χ1) is 21.4. The van der Waals surface area contributed by atoms with Crippen molar-refractivity contribution in [1.29, 1.82) is 0 Å². The van der Waals surface area contributed by atoms with E-state index in [0.29, 0.717) is 54.9 Å². The molecule has 45 heavy (non-hydrogen) atoms. The van der Waals surface area contributed by atoms with Crippen molar-refractivity contribution in [3.63, 3.8) is 0 Å². The molecule has 3 aliphatic carbocycles. The van der Waals surface area contributed by atoms with Crippen molar-refractivity contribution >= 4 is 33.2 Å². The van der Waals surface area contributed by atoms with Crippen LogP contribution in [-0.2, 0) is 26.6 Å². The van der Waals surface area contributed by atoms with Crippen LogP contribution in [0, 0.1) is 35.3 Å². The first kappa shape index (κ1) is 30.9. The number of hydrogen-bond donors (Lipinski definition) is 1. The molecule has 2 aromatic carbocycles. The Hall–Kier alpha value is -2.69. The summed E-state index contributed by atoms with van der Waals surface area (Å²) >= 11 is 6.01. The van der Waals surface area contributed by atoms with Crippen molar-refractivity contribution in [2.24, 2.45) is 23.7 Å². The zero-order valence-electron chi connectivity index (χ0n) is 25.7. The maximum absolute atomic E-state index is 15.3. The molecule has 0 unspecified atom stereocenters. The lowest BCUT2D eigenvalue weighted by molar-refractivity contribution is -0.000494. The van der Waals surface area contributed by atoms with Gasteiger partial charge in [-0.05, 0) is 110 Å². The van der Waals surface area contributed by atoms with E-state index in [2.05, 4.69) is 15.7 Å². The molecule has 3 aliphatic heterocycles. The number of nitrogens with one attached hydrogen (secondary N) is 1. The molecule has 1 saturated carbocycles. The Kier molecular flexibility index (Phi) is 7.72. The van der Waals surface area contributed by atoms with E-state index >= 15 is 4.39 Å². The first-order valence-corrected chi connectivity index (χ1v) is 17.8. The fourth-order valence-electron chi connectivity index (χ4n) is 8.38. The molecule has 6 aliphatic rings. The summed E-state index contributed by atoms with van der Waals surface area (Å²) in [5.74, 6) is -1.21. The van der Waals surface area contributed by atoms with E-state index in [0.717, 1.165) is 19.3 Å². The van der Waals surface area contributed by atoms with Crippen LogP contribution in [0.2, 0.25) is 5.02 Å². The van der Waals surface area contributed by atoms with Crippen molar-refractivity contribution in [3.8, 4) is 5.75 Å². The predicted octanol–water partition coefficient (Wildman–Crippen LogP) is 6.18. The van der Waals surface area contributed by atoms with Crippen LogP contribution in [0.5, 0.6) is 5.75 Å². The Labute approximate surface area is 268 Å². The van der Waals surface area contributed by atoms with Gasteiger partial charge in [-0.15, -0.1) is 0 Å². The second-order valence-corrected chi connectivity index (χ2v) is 16.2. The molecule has 1 N–H and O–H groups in total. The van der Waals surface area contributed by atoms with Gasteiger partial charge >= 0.3 is 0 Å². The number of methoxy groups -OCH3 is 1. The van der Waals surface area contributed by atoms with Gasteiger partial charge in [-0.2, -0.15) is 0 Å². The highest BCUT2D eigenvalue weighted by Gasteiger charge is 2.47. The summed E-state index contributed by atoms with van der Waals surface area (Å²) in [6, 6.07) is 6.32. The number of sulfonamides is 1. The smallest absolute Gasteiger partial charge is 0.264 e. The van der Waals surface area contributed by atoms with Crippen molar-refractivity contribution in [2.45, 2.75) is 69.1 Å². The minimum Gasteiger partial charge on any atom is -0.490 e. The first-order valence-electron chi connectivity index (χ1n) is 15.9. The van der Waals surface area contributed by atoms with Crippen LogP contribution >= 0.6 is 11.6 Å². The molecule has 1 spiro atoms. The number of ether oxygens (including phenoxy) is 2. The van der Waals surface area contributed by atoms with E-state index in [9.17, 15) is 17.6 Å². The summed E-state index contributed by atoms with van der Waals surface area (Å²) in [6.45, 7) is 4.81. The van der Waals surface area contributed by atoms with Crippen LogP contribution < -0.4 is 14.4 Å². The molecular formula is C34H39ClF2N2O5S. The normalized spacial score (nSPS) is 33.8. The van der Waals surface area contributed by atoms with Crippen LogP contribution in [0.4, 0.5) is 14.5 Å². The summed E-state index contributed by atoms with van der Waals surface area (Å²) in [7, 11) is -2.23. The Bertz CT molecular complexity index is 1700. The van der Waals surface area contributed by atoms with Crippen LogP contribution in [0.25, 0.3) is 0 Å². The van der Waals surface area contributed by atoms with Crippen LogP contribution in [0.15, 0.2) is 35.9 Å². The molecule has 4 bridgehead atoms. The minimum absolute atomic E-state index is 0.0598. The van der Waals surface area contributed by atoms with E-state index < -0.39 is 43.3 Å². The number of fused-ring (bicyclic) bond motifs is 6. The Morgan fingerprint density at radius 3 is 2.67 bits per heavy atom. The standard InChI is InChI=1S/C34H39ClF2N2O5S/c1-18-19(2)45(41,42)38-33(40)20-7-9-29-28(13-20)39(15-21-6-8-24(21)32(43-3)23-11-22(18)12-23)16-34(17-44-29)10-4-5-25-26(34)14-27(36)30(35)31(25)37/h7,9,11,13-14,18-19,21-22,24,32H,4-6,8,10,12,15-17H2,1-3H3,(H,38,40)/t18-,19-,21+,22+,24-,32+,34+/m1/s1. The van der Waals surface area contributed by atoms with E-state index in [-0.39, 0.29) is 41.9 Å². The number of allylic oxidation sites excluding steroid dienone is 1. The average Bonchev–Trinajstić information content (AvgIpc) is 3.13. The fourth-order valence-corrected chi connectivity index (χ4v) is 9.88. The Balaban J connectivity index is 1.33. The van der Waals surface area contributed by atoms with Gasteiger partial charge in [-0.3, -0.25) is 4.79 Å². The minimum atomic E-state index is -3.97. The average molecular weight is 661 g/mol. The summed E-state index contributed by atoms with van der Waals surface area (Å²) in [6.07, 6.45) is 6.69. The zero-order chi connectivity index (χ0) is 31.8. The number of carbonyl (C=O) groups is 1. The van der Waals surface area contributed by atoms with Gasteiger partial charge in [0.2, 0.25) is 10.0 Å². The monoisotopic (exact) mass is 660 g/mol. The lowest BCUT2D eigenvalue weighted by Crippen LogP contribution is -2.50. The van der Waals surface area contributed by atoms with Gasteiger partial charge < -0.3 is 14.4 Å². The quantitative estimate of drug-likeness (QED) is 0.291. The summed E-state index contributed by atoms with van der Waals surface area (Å²) in [5.41, 5.74) is 2.35. The molecule has 2 aromatic rings. The maximum Gasteiger partial charge on any atom is 0.264 e. The second kappa shape index (κ2) is 11.2. The third kappa shape index (κ3) is 5.06. The van der Waals surface area contributed by atoms with Crippen LogP contribution in [0.1, 0.15) is 67.4 Å². The van der Waals surface area contributed by atoms with Gasteiger partial charge in [-0.1, -0.05) is 24.6 Å². The lowest BCUT2D eigenvalue weighted by Gasteiger charge is -2.48. The molecule has 1 amide bonds. The second-order valence-electron chi connectivity index (χ2n) is 13.8. The Morgan fingerprint density at radius 2 is 1.96 bits per heavy atom. The highest BCUT2D eigenvalue weighted by Crippen LogP contribution is 2.50. The number of anilines is 1. The van der Waals surface area contributed by atoms with Gasteiger partial charge in [0, 0.05) is 31.2 Å². The molecule has 3 heterocycles.